The Labute approximate surface area is 186 Å². The lowest BCUT2D eigenvalue weighted by Crippen LogP contribution is -2.34. The monoisotopic (exact) mass is 537 g/mol. The summed E-state index contributed by atoms with van der Waals surface area (Å²) in [7, 11) is 0. The number of esters is 1. The number of amides is 2. The van der Waals surface area contributed by atoms with Gasteiger partial charge in [-0.2, -0.15) is 5.10 Å². The summed E-state index contributed by atoms with van der Waals surface area (Å²) >= 11 is 6.67. The minimum absolute atomic E-state index is 0.0355. The molecule has 0 atom stereocenters. The van der Waals surface area contributed by atoms with Gasteiger partial charge in [0.05, 0.1) is 29.8 Å². The van der Waals surface area contributed by atoms with Gasteiger partial charge < -0.3 is 18.9 Å². The highest BCUT2D eigenvalue weighted by atomic mass is 79.9. The Bertz CT molecular complexity index is 1080. The van der Waals surface area contributed by atoms with Crippen molar-refractivity contribution in [1.29, 1.82) is 0 Å². The molecule has 2 amide bonds. The van der Waals surface area contributed by atoms with Crippen LogP contribution in [0.2, 0.25) is 0 Å². The van der Waals surface area contributed by atoms with E-state index in [-0.39, 0.29) is 23.8 Å². The third-order valence-electron chi connectivity index (χ3n) is 3.50. The van der Waals surface area contributed by atoms with Gasteiger partial charge in [0.2, 0.25) is 5.76 Å². The molecule has 154 valence electrons. The standard InChI is InChI=1S/C19H13Br2N3O6/c20-12-7-11(17(13(21)8-12)30-19(27)15-4-2-6-29-15)9-23-24-16(25)10-22-18(26)14-3-1-5-28-14/h1-9H,10H2,(H,22,26)(H,24,25). The van der Waals surface area contributed by atoms with Crippen molar-refractivity contribution in [3.63, 3.8) is 0 Å². The summed E-state index contributed by atoms with van der Waals surface area (Å²) in [5.74, 6) is -1.47. The van der Waals surface area contributed by atoms with Crippen molar-refractivity contribution in [2.45, 2.75) is 0 Å². The number of rotatable bonds is 7. The molecule has 2 N–H and O–H groups in total. The first kappa shape index (κ1) is 21.5. The first-order valence-electron chi connectivity index (χ1n) is 8.32. The summed E-state index contributed by atoms with van der Waals surface area (Å²) in [5.41, 5.74) is 2.67. The third kappa shape index (κ3) is 5.67. The number of nitrogens with one attached hydrogen (secondary N) is 2. The minimum Gasteiger partial charge on any atom is -0.459 e. The van der Waals surface area contributed by atoms with Gasteiger partial charge in [-0.15, -0.1) is 0 Å². The van der Waals surface area contributed by atoms with E-state index in [1.54, 1.807) is 24.3 Å². The molecule has 0 aliphatic rings. The molecule has 0 bridgehead atoms. The molecule has 0 saturated carbocycles. The number of hydrogen-bond acceptors (Lipinski definition) is 7. The Morgan fingerprint density at radius 1 is 1.07 bits per heavy atom. The molecule has 0 saturated heterocycles. The van der Waals surface area contributed by atoms with Crippen LogP contribution >= 0.6 is 31.9 Å². The predicted molar refractivity (Wildman–Crippen MR) is 112 cm³/mol. The maximum absolute atomic E-state index is 12.2. The summed E-state index contributed by atoms with van der Waals surface area (Å²) in [6.45, 7) is -0.306. The van der Waals surface area contributed by atoms with E-state index in [4.69, 9.17) is 13.6 Å². The van der Waals surface area contributed by atoms with Crippen molar-refractivity contribution in [3.05, 3.63) is 75.0 Å². The summed E-state index contributed by atoms with van der Waals surface area (Å²) in [4.78, 5) is 35.8. The highest BCUT2D eigenvalue weighted by Crippen LogP contribution is 2.32. The molecule has 0 unspecified atom stereocenters. The van der Waals surface area contributed by atoms with Gasteiger partial charge in [0, 0.05) is 10.0 Å². The fourth-order valence-electron chi connectivity index (χ4n) is 2.19. The summed E-state index contributed by atoms with van der Waals surface area (Å²) < 4.78 is 16.5. The predicted octanol–water partition coefficient (Wildman–Crippen LogP) is 3.50. The van der Waals surface area contributed by atoms with Crippen molar-refractivity contribution in [3.8, 4) is 5.75 Å². The lowest BCUT2D eigenvalue weighted by Gasteiger charge is -2.09. The normalized spacial score (nSPS) is 10.7. The number of nitrogens with zero attached hydrogens (tertiary/aromatic N) is 1. The second-order valence-electron chi connectivity index (χ2n) is 5.63. The zero-order valence-corrected chi connectivity index (χ0v) is 18.2. The number of benzene rings is 1. The molecule has 0 spiro atoms. The van der Waals surface area contributed by atoms with E-state index >= 15 is 0 Å². The molecule has 0 fully saturated rings. The van der Waals surface area contributed by atoms with Crippen LogP contribution < -0.4 is 15.5 Å². The van der Waals surface area contributed by atoms with Gasteiger partial charge in [0.1, 0.15) is 0 Å². The van der Waals surface area contributed by atoms with Crippen LogP contribution in [-0.2, 0) is 4.79 Å². The number of furan rings is 2. The highest BCUT2D eigenvalue weighted by molar-refractivity contribution is 9.11. The molecule has 9 nitrogen and oxygen atoms in total. The van der Waals surface area contributed by atoms with Crippen LogP contribution in [0.25, 0.3) is 0 Å². The van der Waals surface area contributed by atoms with E-state index in [0.717, 1.165) is 0 Å². The molecule has 3 rings (SSSR count). The summed E-state index contributed by atoms with van der Waals surface area (Å²) in [6.07, 6.45) is 4.01. The summed E-state index contributed by atoms with van der Waals surface area (Å²) in [6, 6.07) is 9.40. The van der Waals surface area contributed by atoms with Crippen molar-refractivity contribution in [2.24, 2.45) is 5.10 Å². The van der Waals surface area contributed by atoms with Crippen LogP contribution in [0.1, 0.15) is 26.7 Å². The topological polar surface area (TPSA) is 123 Å². The molecule has 0 aliphatic carbocycles. The Hall–Kier alpha value is -3.18. The molecule has 3 aromatic rings. The third-order valence-corrected chi connectivity index (χ3v) is 4.55. The number of ether oxygens (including phenoxy) is 1. The quantitative estimate of drug-likeness (QED) is 0.205. The fraction of sp³-hybridized carbons (Fsp3) is 0.0526. The molecule has 30 heavy (non-hydrogen) atoms. The van der Waals surface area contributed by atoms with Crippen LogP contribution in [0, 0.1) is 0 Å². The lowest BCUT2D eigenvalue weighted by molar-refractivity contribution is -0.120. The first-order valence-corrected chi connectivity index (χ1v) is 9.91. The molecule has 2 aromatic heterocycles. The van der Waals surface area contributed by atoms with E-state index in [9.17, 15) is 14.4 Å². The average molecular weight is 539 g/mol. The molecular weight excluding hydrogens is 526 g/mol. The Morgan fingerprint density at radius 3 is 2.43 bits per heavy atom. The molecule has 0 radical (unpaired) electrons. The Morgan fingerprint density at radius 2 is 1.77 bits per heavy atom. The van der Waals surface area contributed by atoms with Gasteiger partial charge >= 0.3 is 5.97 Å². The van der Waals surface area contributed by atoms with Crippen LogP contribution in [-0.4, -0.2) is 30.5 Å². The van der Waals surface area contributed by atoms with Crippen molar-refractivity contribution < 1.29 is 28.0 Å². The Balaban J connectivity index is 1.63. The average Bonchev–Trinajstić information content (AvgIpc) is 3.42. The molecule has 0 aliphatic heterocycles. The molecule has 2 heterocycles. The molecule has 1 aromatic carbocycles. The van der Waals surface area contributed by atoms with Gasteiger partial charge in [-0.05, 0) is 52.3 Å². The number of hydrogen-bond donors (Lipinski definition) is 2. The largest absolute Gasteiger partial charge is 0.459 e. The lowest BCUT2D eigenvalue weighted by atomic mass is 10.2. The van der Waals surface area contributed by atoms with E-state index in [1.165, 1.54) is 30.9 Å². The van der Waals surface area contributed by atoms with Crippen molar-refractivity contribution in [2.75, 3.05) is 6.54 Å². The number of carbonyl (C=O) groups is 3. The van der Waals surface area contributed by atoms with Gasteiger partial charge in [0.25, 0.3) is 11.8 Å². The zero-order chi connectivity index (χ0) is 21.5. The highest BCUT2D eigenvalue weighted by Gasteiger charge is 2.17. The van der Waals surface area contributed by atoms with Gasteiger partial charge in [-0.25, -0.2) is 10.2 Å². The van der Waals surface area contributed by atoms with Crippen molar-refractivity contribution >= 4 is 55.9 Å². The van der Waals surface area contributed by atoms with Gasteiger partial charge in [0.15, 0.2) is 11.5 Å². The second-order valence-corrected chi connectivity index (χ2v) is 7.40. The van der Waals surface area contributed by atoms with Gasteiger partial charge in [-0.1, -0.05) is 15.9 Å². The van der Waals surface area contributed by atoms with Crippen LogP contribution in [0.4, 0.5) is 0 Å². The smallest absolute Gasteiger partial charge is 0.379 e. The minimum atomic E-state index is -0.692. The second kappa shape index (κ2) is 10.0. The number of hydrazone groups is 1. The van der Waals surface area contributed by atoms with Crippen LogP contribution in [0.5, 0.6) is 5.75 Å². The van der Waals surface area contributed by atoms with E-state index in [0.29, 0.717) is 14.5 Å². The number of carbonyl (C=O) groups excluding carboxylic acids is 3. The van der Waals surface area contributed by atoms with E-state index in [2.05, 4.69) is 47.7 Å². The van der Waals surface area contributed by atoms with E-state index < -0.39 is 17.8 Å². The first-order chi connectivity index (χ1) is 14.4. The van der Waals surface area contributed by atoms with Crippen LogP contribution in [0.15, 0.2) is 71.8 Å². The van der Waals surface area contributed by atoms with Crippen LogP contribution in [0.3, 0.4) is 0 Å². The fourth-order valence-corrected chi connectivity index (χ4v) is 3.53. The Kier molecular flexibility index (Phi) is 7.20. The van der Waals surface area contributed by atoms with E-state index in [1.807, 2.05) is 0 Å². The van der Waals surface area contributed by atoms with Crippen molar-refractivity contribution in [1.82, 2.24) is 10.7 Å². The van der Waals surface area contributed by atoms with Gasteiger partial charge in [-0.3, -0.25) is 9.59 Å². The number of halogens is 2. The molecule has 11 heteroatoms. The zero-order valence-electron chi connectivity index (χ0n) is 15.1. The maximum atomic E-state index is 12.2. The maximum Gasteiger partial charge on any atom is 0.379 e. The SMILES string of the molecule is O=C(CNC(=O)c1ccco1)NN=Cc1cc(Br)cc(Br)c1OC(=O)c1ccco1. The summed E-state index contributed by atoms with van der Waals surface area (Å²) in [5, 5.41) is 6.23. The molecular formula is C19H13Br2N3O6.